The fourth-order valence-electron chi connectivity index (χ4n) is 4.95. The molecular weight excluding hydrogens is 416 g/mol. The molecule has 0 radical (unpaired) electrons. The summed E-state index contributed by atoms with van der Waals surface area (Å²) in [6.07, 6.45) is 1.70. The van der Waals surface area contributed by atoms with Crippen LogP contribution in [0.1, 0.15) is 58.9 Å². The molecule has 4 atom stereocenters. The Morgan fingerprint density at radius 2 is 1.84 bits per heavy atom. The Hall–Kier alpha value is -1.63. The van der Waals surface area contributed by atoms with Crippen LogP contribution in [0.2, 0.25) is 5.02 Å². The molecule has 1 aromatic carbocycles. The van der Waals surface area contributed by atoms with Crippen molar-refractivity contribution in [2.45, 2.75) is 71.1 Å². The van der Waals surface area contributed by atoms with Crippen molar-refractivity contribution in [1.82, 2.24) is 10.2 Å². The third kappa shape index (κ3) is 4.91. The lowest BCUT2D eigenvalue weighted by Crippen LogP contribution is -2.60. The maximum absolute atomic E-state index is 13.4. The second-order valence-corrected chi connectivity index (χ2v) is 10.6. The fraction of sp³-hybridized carbons (Fsp3) is 0.667. The highest BCUT2D eigenvalue weighted by atomic mass is 35.5. The molecule has 7 heteroatoms. The average molecular weight is 451 g/mol. The molecule has 0 bridgehead atoms. The molecule has 2 amide bonds. The standard InChI is InChI=1S/C24H35ClN2O4/c1-15(2)20(26-21(29)16-5-10-19(28)13-16)22(30)27-12-11-24(31,23(3,4)14-27)17-6-8-18(25)9-7-17/h6-9,15-16,19-20,28,31H,5,10-14H2,1-4H3,(H,26,29)/t16-,19+,20-,24+/m1/s1. The van der Waals surface area contributed by atoms with E-state index in [0.717, 1.165) is 5.56 Å². The summed E-state index contributed by atoms with van der Waals surface area (Å²) in [6.45, 7) is 8.56. The van der Waals surface area contributed by atoms with Crippen LogP contribution in [-0.4, -0.2) is 52.2 Å². The van der Waals surface area contributed by atoms with Crippen LogP contribution < -0.4 is 5.32 Å². The quantitative estimate of drug-likeness (QED) is 0.643. The maximum Gasteiger partial charge on any atom is 0.245 e. The average Bonchev–Trinajstić information content (AvgIpc) is 3.14. The van der Waals surface area contributed by atoms with E-state index in [1.54, 1.807) is 17.0 Å². The van der Waals surface area contributed by atoms with Gasteiger partial charge in [0.1, 0.15) is 6.04 Å². The number of piperidine rings is 1. The molecular formula is C24H35ClN2O4. The van der Waals surface area contributed by atoms with E-state index in [-0.39, 0.29) is 23.7 Å². The summed E-state index contributed by atoms with van der Waals surface area (Å²) in [5, 5.41) is 24.8. The highest BCUT2D eigenvalue weighted by Gasteiger charge is 2.50. The number of hydrogen-bond donors (Lipinski definition) is 3. The fourth-order valence-corrected chi connectivity index (χ4v) is 5.07. The summed E-state index contributed by atoms with van der Waals surface area (Å²) in [4.78, 5) is 27.9. The van der Waals surface area contributed by atoms with Crippen LogP contribution >= 0.6 is 11.6 Å². The number of benzene rings is 1. The predicted octanol–water partition coefficient (Wildman–Crippen LogP) is 3.09. The van der Waals surface area contributed by atoms with Crippen LogP contribution in [0.25, 0.3) is 0 Å². The number of nitrogens with one attached hydrogen (secondary N) is 1. The summed E-state index contributed by atoms with van der Waals surface area (Å²) >= 11 is 6.01. The molecule has 1 aromatic rings. The van der Waals surface area contributed by atoms with Crippen molar-refractivity contribution in [3.8, 4) is 0 Å². The molecule has 3 rings (SSSR count). The molecule has 1 saturated heterocycles. The van der Waals surface area contributed by atoms with Gasteiger partial charge in [-0.3, -0.25) is 9.59 Å². The van der Waals surface area contributed by atoms with Crippen molar-refractivity contribution in [2.75, 3.05) is 13.1 Å². The Labute approximate surface area is 190 Å². The molecule has 6 nitrogen and oxygen atoms in total. The molecule has 1 heterocycles. The van der Waals surface area contributed by atoms with Crippen LogP contribution in [0.15, 0.2) is 24.3 Å². The third-order valence-electron chi connectivity index (χ3n) is 7.09. The van der Waals surface area contributed by atoms with E-state index in [1.807, 2.05) is 39.8 Å². The summed E-state index contributed by atoms with van der Waals surface area (Å²) in [5.41, 5.74) is -0.872. The minimum atomic E-state index is -1.08. The van der Waals surface area contributed by atoms with Crippen molar-refractivity contribution in [2.24, 2.45) is 17.3 Å². The molecule has 0 aromatic heterocycles. The summed E-state index contributed by atoms with van der Waals surface area (Å²) in [5.74, 6) is -0.578. The number of nitrogens with zero attached hydrogens (tertiary/aromatic N) is 1. The largest absolute Gasteiger partial charge is 0.393 e. The van der Waals surface area contributed by atoms with Crippen LogP contribution in [0.3, 0.4) is 0 Å². The molecule has 1 saturated carbocycles. The first-order valence-corrected chi connectivity index (χ1v) is 11.6. The lowest BCUT2D eigenvalue weighted by atomic mass is 9.66. The number of amides is 2. The van der Waals surface area contributed by atoms with E-state index in [0.29, 0.717) is 43.8 Å². The number of likely N-dealkylation sites (tertiary alicyclic amines) is 1. The van der Waals surface area contributed by atoms with E-state index in [4.69, 9.17) is 11.6 Å². The summed E-state index contributed by atoms with van der Waals surface area (Å²) < 4.78 is 0. The number of halogens is 1. The second-order valence-electron chi connectivity index (χ2n) is 10.2. The minimum Gasteiger partial charge on any atom is -0.393 e. The van der Waals surface area contributed by atoms with Crippen molar-refractivity contribution in [3.63, 3.8) is 0 Å². The smallest absolute Gasteiger partial charge is 0.245 e. The lowest BCUT2D eigenvalue weighted by molar-refractivity contribution is -0.157. The van der Waals surface area contributed by atoms with Gasteiger partial charge in [0.05, 0.1) is 11.7 Å². The first-order chi connectivity index (χ1) is 14.4. The van der Waals surface area contributed by atoms with Gasteiger partial charge in [-0.1, -0.05) is 51.4 Å². The maximum atomic E-state index is 13.4. The van der Waals surface area contributed by atoms with Gasteiger partial charge in [0.25, 0.3) is 0 Å². The van der Waals surface area contributed by atoms with Gasteiger partial charge in [0.15, 0.2) is 0 Å². The highest BCUT2D eigenvalue weighted by molar-refractivity contribution is 6.30. The number of carbonyl (C=O) groups excluding carboxylic acids is 2. The molecule has 0 spiro atoms. The van der Waals surface area contributed by atoms with Gasteiger partial charge in [-0.2, -0.15) is 0 Å². The number of aliphatic hydroxyl groups is 2. The number of hydrogen-bond acceptors (Lipinski definition) is 4. The van der Waals surface area contributed by atoms with Crippen LogP contribution in [0.4, 0.5) is 0 Å². The molecule has 0 unspecified atom stereocenters. The summed E-state index contributed by atoms with van der Waals surface area (Å²) in [6, 6.07) is 6.60. The van der Waals surface area contributed by atoms with Gasteiger partial charge in [-0.05, 0) is 49.3 Å². The van der Waals surface area contributed by atoms with Gasteiger partial charge < -0.3 is 20.4 Å². The third-order valence-corrected chi connectivity index (χ3v) is 7.34. The van der Waals surface area contributed by atoms with E-state index >= 15 is 0 Å². The van der Waals surface area contributed by atoms with Gasteiger partial charge in [0.2, 0.25) is 11.8 Å². The molecule has 2 aliphatic rings. The SMILES string of the molecule is CC(C)[C@@H](NC(=O)[C@@H]1CC[C@H](O)C1)C(=O)N1CC[C@](O)(c2ccc(Cl)cc2)C(C)(C)C1. The van der Waals surface area contributed by atoms with Crippen molar-refractivity contribution in [3.05, 3.63) is 34.9 Å². The first-order valence-electron chi connectivity index (χ1n) is 11.2. The first kappa shape index (κ1) is 24.0. The number of aliphatic hydroxyl groups excluding tert-OH is 1. The normalized spacial score (nSPS) is 29.1. The Kier molecular flexibility index (Phi) is 7.04. The van der Waals surface area contributed by atoms with E-state index in [1.165, 1.54) is 0 Å². The van der Waals surface area contributed by atoms with Crippen molar-refractivity contribution < 1.29 is 19.8 Å². The van der Waals surface area contributed by atoms with Gasteiger partial charge in [-0.15, -0.1) is 0 Å². The number of carbonyl (C=O) groups is 2. The lowest BCUT2D eigenvalue weighted by Gasteiger charge is -2.51. The van der Waals surface area contributed by atoms with E-state index < -0.39 is 23.2 Å². The van der Waals surface area contributed by atoms with Gasteiger partial charge in [0, 0.05) is 29.4 Å². The van der Waals surface area contributed by atoms with Crippen molar-refractivity contribution >= 4 is 23.4 Å². The zero-order valence-corrected chi connectivity index (χ0v) is 19.7. The second kappa shape index (κ2) is 9.08. The van der Waals surface area contributed by atoms with Crippen LogP contribution in [0, 0.1) is 17.3 Å². The van der Waals surface area contributed by atoms with Gasteiger partial charge in [-0.25, -0.2) is 0 Å². The number of rotatable bonds is 5. The predicted molar refractivity (Wildman–Crippen MR) is 120 cm³/mol. The molecule has 3 N–H and O–H groups in total. The zero-order chi connectivity index (χ0) is 23.0. The van der Waals surface area contributed by atoms with Gasteiger partial charge >= 0.3 is 0 Å². The Morgan fingerprint density at radius 1 is 1.19 bits per heavy atom. The van der Waals surface area contributed by atoms with Crippen molar-refractivity contribution in [1.29, 1.82) is 0 Å². The van der Waals surface area contributed by atoms with E-state index in [9.17, 15) is 19.8 Å². The zero-order valence-electron chi connectivity index (χ0n) is 18.9. The van der Waals surface area contributed by atoms with Crippen LogP contribution in [-0.2, 0) is 15.2 Å². The molecule has 31 heavy (non-hydrogen) atoms. The molecule has 2 fully saturated rings. The Morgan fingerprint density at radius 3 is 2.35 bits per heavy atom. The molecule has 1 aliphatic heterocycles. The molecule has 172 valence electrons. The van der Waals surface area contributed by atoms with Crippen LogP contribution in [0.5, 0.6) is 0 Å². The Balaban J connectivity index is 1.72. The van der Waals surface area contributed by atoms with E-state index in [2.05, 4.69) is 5.32 Å². The molecule has 1 aliphatic carbocycles. The minimum absolute atomic E-state index is 0.0667. The topological polar surface area (TPSA) is 89.9 Å². The highest BCUT2D eigenvalue weighted by Crippen LogP contribution is 2.46. The monoisotopic (exact) mass is 450 g/mol. The summed E-state index contributed by atoms with van der Waals surface area (Å²) in [7, 11) is 0. The Bertz CT molecular complexity index is 810.